The normalized spacial score (nSPS) is 29.9. The lowest BCUT2D eigenvalue weighted by Gasteiger charge is -2.50. The molecule has 156 valence electrons. The number of carbonyl (C=O) groups excluding carboxylic acids is 2. The number of benzene rings is 1. The zero-order chi connectivity index (χ0) is 20.1. The van der Waals surface area contributed by atoms with Crippen LogP contribution in [0.4, 0.5) is 0 Å². The van der Waals surface area contributed by atoms with E-state index in [1.807, 2.05) is 11.8 Å². The Hall–Kier alpha value is -2.08. The molecule has 0 radical (unpaired) electrons. The van der Waals surface area contributed by atoms with Crippen molar-refractivity contribution >= 4 is 11.8 Å². The lowest BCUT2D eigenvalue weighted by molar-refractivity contribution is -0.144. The van der Waals surface area contributed by atoms with Gasteiger partial charge in [0.25, 0.3) is 5.91 Å². The minimum Gasteiger partial charge on any atom is -0.508 e. The van der Waals surface area contributed by atoms with Crippen LogP contribution >= 0.6 is 0 Å². The van der Waals surface area contributed by atoms with Crippen molar-refractivity contribution in [1.82, 2.24) is 14.7 Å². The standard InChI is InChI=1S/C23H31N3O3/c1-15-12-17(3-7-21(15)27)22(28)26-14-16-2-6-20(26)19(13-16)23(29)25-10-8-24(9-11-25)18-4-5-18/h3,7,12,16,18-20,27H,2,4-6,8-11,13-14H2,1H3/t16-,19+,20+/m1/s1. The number of aryl methyl sites for hydroxylation is 1. The van der Waals surface area contributed by atoms with Gasteiger partial charge >= 0.3 is 0 Å². The number of phenolic OH excluding ortho intramolecular Hbond substituents is 1. The number of phenols is 1. The molecule has 0 spiro atoms. The number of hydrogen-bond donors (Lipinski definition) is 1. The van der Waals surface area contributed by atoms with Gasteiger partial charge in [0.15, 0.2) is 0 Å². The Morgan fingerprint density at radius 2 is 1.79 bits per heavy atom. The summed E-state index contributed by atoms with van der Waals surface area (Å²) in [5, 5.41) is 9.78. The molecule has 2 aliphatic carbocycles. The topological polar surface area (TPSA) is 64.1 Å². The van der Waals surface area contributed by atoms with Crippen molar-refractivity contribution < 1.29 is 14.7 Å². The Bertz CT molecular complexity index is 814. The largest absolute Gasteiger partial charge is 0.508 e. The first-order chi connectivity index (χ1) is 14.0. The number of piperazine rings is 1. The SMILES string of the molecule is Cc1cc(C(=O)N2C[C@@H]3CC[C@H]2[C@@H](C(=O)N2CCN(C4CC4)CC2)C3)ccc1O. The van der Waals surface area contributed by atoms with Crippen LogP contribution in [0.15, 0.2) is 18.2 Å². The van der Waals surface area contributed by atoms with Crippen molar-refractivity contribution in [3.05, 3.63) is 29.3 Å². The van der Waals surface area contributed by atoms with E-state index < -0.39 is 0 Å². The van der Waals surface area contributed by atoms with E-state index in [4.69, 9.17) is 0 Å². The fourth-order valence-corrected chi connectivity index (χ4v) is 5.63. The molecule has 29 heavy (non-hydrogen) atoms. The second kappa shape index (κ2) is 7.31. The van der Waals surface area contributed by atoms with Gasteiger partial charge in [-0.25, -0.2) is 0 Å². The first kappa shape index (κ1) is 18.9. The maximum absolute atomic E-state index is 13.4. The first-order valence-corrected chi connectivity index (χ1v) is 11.1. The number of aromatic hydroxyl groups is 1. The molecule has 6 heteroatoms. The van der Waals surface area contributed by atoms with Crippen LogP contribution in [0.5, 0.6) is 5.75 Å². The Morgan fingerprint density at radius 3 is 2.45 bits per heavy atom. The fourth-order valence-electron chi connectivity index (χ4n) is 5.63. The smallest absolute Gasteiger partial charge is 0.254 e. The van der Waals surface area contributed by atoms with E-state index >= 15 is 0 Å². The highest BCUT2D eigenvalue weighted by Crippen LogP contribution is 2.41. The molecule has 0 unspecified atom stereocenters. The third kappa shape index (κ3) is 3.52. The molecule has 6 nitrogen and oxygen atoms in total. The summed E-state index contributed by atoms with van der Waals surface area (Å²) < 4.78 is 0. The molecular weight excluding hydrogens is 366 g/mol. The predicted molar refractivity (Wildman–Crippen MR) is 110 cm³/mol. The van der Waals surface area contributed by atoms with Crippen LogP contribution in [0, 0.1) is 18.8 Å². The number of nitrogens with zero attached hydrogens (tertiary/aromatic N) is 3. The molecule has 5 fully saturated rings. The van der Waals surface area contributed by atoms with Crippen molar-refractivity contribution in [1.29, 1.82) is 0 Å². The highest BCUT2D eigenvalue weighted by molar-refractivity contribution is 5.95. The van der Waals surface area contributed by atoms with E-state index in [0.717, 1.165) is 58.0 Å². The second-order valence-corrected chi connectivity index (χ2v) is 9.40. The molecule has 5 aliphatic rings. The van der Waals surface area contributed by atoms with Crippen molar-refractivity contribution in [2.75, 3.05) is 32.7 Å². The molecule has 1 aromatic rings. The molecule has 3 saturated heterocycles. The summed E-state index contributed by atoms with van der Waals surface area (Å²) in [7, 11) is 0. The summed E-state index contributed by atoms with van der Waals surface area (Å²) in [4.78, 5) is 33.1. The van der Waals surface area contributed by atoms with Gasteiger partial charge in [0.05, 0.1) is 5.92 Å². The number of carbonyl (C=O) groups is 2. The fraction of sp³-hybridized carbons (Fsp3) is 0.652. The summed E-state index contributed by atoms with van der Waals surface area (Å²) in [6.45, 7) is 6.20. The van der Waals surface area contributed by atoms with Gasteiger partial charge in [0, 0.05) is 50.4 Å². The molecule has 1 aromatic carbocycles. The molecule has 3 atom stereocenters. The average molecular weight is 398 g/mol. The summed E-state index contributed by atoms with van der Waals surface area (Å²) in [5.41, 5.74) is 1.32. The van der Waals surface area contributed by atoms with E-state index in [1.54, 1.807) is 18.2 Å². The third-order valence-corrected chi connectivity index (χ3v) is 7.49. The van der Waals surface area contributed by atoms with Crippen molar-refractivity contribution in [2.45, 2.75) is 51.1 Å². The monoisotopic (exact) mass is 397 g/mol. The van der Waals surface area contributed by atoms with Gasteiger partial charge in [-0.15, -0.1) is 0 Å². The predicted octanol–water partition coefficient (Wildman–Crippen LogP) is 2.25. The molecule has 3 aliphatic heterocycles. The highest BCUT2D eigenvalue weighted by atomic mass is 16.3. The minimum absolute atomic E-state index is 0.00106. The summed E-state index contributed by atoms with van der Waals surface area (Å²) >= 11 is 0. The second-order valence-electron chi connectivity index (χ2n) is 9.40. The van der Waals surface area contributed by atoms with Crippen molar-refractivity contribution in [2.24, 2.45) is 11.8 Å². The van der Waals surface area contributed by atoms with Crippen LogP contribution < -0.4 is 0 Å². The Balaban J connectivity index is 1.29. The first-order valence-electron chi connectivity index (χ1n) is 11.1. The van der Waals surface area contributed by atoms with E-state index in [-0.39, 0.29) is 29.5 Å². The van der Waals surface area contributed by atoms with Gasteiger partial charge in [-0.1, -0.05) is 0 Å². The summed E-state index contributed by atoms with van der Waals surface area (Å²) in [6.07, 6.45) is 5.58. The number of hydrogen-bond acceptors (Lipinski definition) is 4. The molecule has 3 heterocycles. The van der Waals surface area contributed by atoms with Crippen LogP contribution in [0.1, 0.15) is 48.0 Å². The molecule has 1 N–H and O–H groups in total. The average Bonchev–Trinajstić information content (AvgIpc) is 3.60. The molecule has 2 amide bonds. The molecular formula is C23H31N3O3. The number of amides is 2. The lowest BCUT2D eigenvalue weighted by Crippen LogP contribution is -2.60. The Labute approximate surface area is 172 Å². The van der Waals surface area contributed by atoms with Crippen LogP contribution in [0.25, 0.3) is 0 Å². The van der Waals surface area contributed by atoms with E-state index in [2.05, 4.69) is 9.80 Å². The van der Waals surface area contributed by atoms with Crippen molar-refractivity contribution in [3.8, 4) is 5.75 Å². The van der Waals surface area contributed by atoms with E-state index in [1.165, 1.54) is 12.8 Å². The van der Waals surface area contributed by atoms with Gasteiger partial charge in [-0.05, 0) is 68.7 Å². The molecule has 2 bridgehead atoms. The molecule has 6 rings (SSSR count). The third-order valence-electron chi connectivity index (χ3n) is 7.49. The van der Waals surface area contributed by atoms with E-state index in [0.29, 0.717) is 17.0 Å². The Morgan fingerprint density at radius 1 is 1.03 bits per heavy atom. The van der Waals surface area contributed by atoms with Gasteiger partial charge in [0.2, 0.25) is 5.91 Å². The number of piperidine rings is 2. The number of fused-ring (bicyclic) bond motifs is 3. The molecule has 0 aromatic heterocycles. The van der Waals surface area contributed by atoms with Gasteiger partial charge < -0.3 is 14.9 Å². The van der Waals surface area contributed by atoms with Gasteiger partial charge in [0.1, 0.15) is 5.75 Å². The van der Waals surface area contributed by atoms with Crippen molar-refractivity contribution in [3.63, 3.8) is 0 Å². The zero-order valence-electron chi connectivity index (χ0n) is 17.2. The quantitative estimate of drug-likeness (QED) is 0.850. The minimum atomic E-state index is -0.0582. The zero-order valence-corrected chi connectivity index (χ0v) is 17.2. The van der Waals surface area contributed by atoms with Gasteiger partial charge in [-0.3, -0.25) is 14.5 Å². The van der Waals surface area contributed by atoms with Crippen LogP contribution in [-0.4, -0.2) is 76.4 Å². The summed E-state index contributed by atoms with van der Waals surface area (Å²) in [6, 6.07) is 5.82. The van der Waals surface area contributed by atoms with Crippen LogP contribution in [0.3, 0.4) is 0 Å². The maximum atomic E-state index is 13.4. The van der Waals surface area contributed by atoms with Gasteiger partial charge in [-0.2, -0.15) is 0 Å². The van der Waals surface area contributed by atoms with Crippen LogP contribution in [0.2, 0.25) is 0 Å². The number of rotatable bonds is 3. The van der Waals surface area contributed by atoms with Crippen LogP contribution in [-0.2, 0) is 4.79 Å². The van der Waals surface area contributed by atoms with E-state index in [9.17, 15) is 14.7 Å². The lowest BCUT2D eigenvalue weighted by atomic mass is 9.72. The summed E-state index contributed by atoms with van der Waals surface area (Å²) in [5.74, 6) is 0.828. The maximum Gasteiger partial charge on any atom is 0.254 e. The highest BCUT2D eigenvalue weighted by Gasteiger charge is 2.47. The molecule has 2 saturated carbocycles. The Kier molecular flexibility index (Phi) is 4.77.